The van der Waals surface area contributed by atoms with E-state index in [2.05, 4.69) is 90.2 Å². The van der Waals surface area contributed by atoms with Gasteiger partial charge in [-0.2, -0.15) is 0 Å². The minimum Gasteiger partial charge on any atom is -0.436 e. The molecule has 1 rings (SSSR count). The summed E-state index contributed by atoms with van der Waals surface area (Å²) in [7, 11) is -8.28. The van der Waals surface area contributed by atoms with Crippen LogP contribution < -0.4 is 0 Å². The van der Waals surface area contributed by atoms with E-state index in [-0.39, 0.29) is 0 Å². The molecule has 4 nitrogen and oxygen atoms in total. The molecule has 35 heavy (non-hydrogen) atoms. The summed E-state index contributed by atoms with van der Waals surface area (Å²) in [5.74, 6) is 0. The predicted octanol–water partition coefficient (Wildman–Crippen LogP) is 7.90. The van der Waals surface area contributed by atoms with E-state index < -0.39 is 33.8 Å². The Balaban J connectivity index is 2.74. The first-order valence-corrected chi connectivity index (χ1v) is 24.1. The highest BCUT2D eigenvalue weighted by molar-refractivity contribution is 6.85. The monoisotopic (exact) mass is 550 g/mol. The highest BCUT2D eigenvalue weighted by Crippen LogP contribution is 2.26. The van der Waals surface area contributed by atoms with Gasteiger partial charge in [0, 0.05) is 0 Å². The zero-order valence-electron chi connectivity index (χ0n) is 23.5. The third-order valence-electron chi connectivity index (χ3n) is 6.06. The summed E-state index contributed by atoms with van der Waals surface area (Å²) in [6.45, 7) is 28.3. The van der Waals surface area contributed by atoms with Crippen molar-refractivity contribution in [3.8, 4) is 0 Å². The largest absolute Gasteiger partial charge is 0.436 e. The molecule has 0 aliphatic rings. The summed E-state index contributed by atoms with van der Waals surface area (Å²) < 4.78 is 25.5. The number of benzene rings is 1. The van der Waals surface area contributed by atoms with Crippen molar-refractivity contribution in [2.24, 2.45) is 0 Å². The standard InChI is InChI=1S/C27H50O4Si4/c1-11-20-28-34(9,14-4)30-32(5,6)23-18-26-16-15-17-27(25-26)19-24-33(7,8)31-35(10,22-13-3)29-21-12-2/h11-12,14-17,25H,1-2,4,13,18-24H2,3,5-10H3. The molecule has 0 amide bonds. The van der Waals surface area contributed by atoms with Gasteiger partial charge in [-0.15, -0.1) is 19.7 Å². The van der Waals surface area contributed by atoms with E-state index in [1.165, 1.54) is 11.1 Å². The number of hydrogen-bond acceptors (Lipinski definition) is 4. The molecule has 2 unspecified atom stereocenters. The second kappa shape index (κ2) is 14.8. The van der Waals surface area contributed by atoms with E-state index in [1.807, 2.05) is 11.8 Å². The van der Waals surface area contributed by atoms with Gasteiger partial charge in [0.2, 0.25) is 0 Å². The van der Waals surface area contributed by atoms with Gasteiger partial charge >= 0.3 is 17.1 Å². The smallest absolute Gasteiger partial charge is 0.351 e. The van der Waals surface area contributed by atoms with Crippen molar-refractivity contribution < 1.29 is 17.1 Å². The molecular formula is C27H50O4Si4. The minimum atomic E-state index is -2.36. The Labute approximate surface area is 220 Å². The molecule has 198 valence electrons. The van der Waals surface area contributed by atoms with Gasteiger partial charge in [0.05, 0.1) is 13.2 Å². The molecule has 0 fully saturated rings. The normalized spacial score (nSPS) is 15.7. The summed E-state index contributed by atoms with van der Waals surface area (Å²) in [6.07, 6.45) is 6.75. The fourth-order valence-electron chi connectivity index (χ4n) is 4.26. The molecule has 8 heteroatoms. The Bertz CT molecular complexity index is 814. The Kier molecular flexibility index (Phi) is 13.6. The van der Waals surface area contributed by atoms with Crippen LogP contribution in [-0.2, 0) is 29.9 Å². The number of rotatable bonds is 19. The summed E-state index contributed by atoms with van der Waals surface area (Å²) in [6, 6.07) is 12.2. The van der Waals surface area contributed by atoms with Crippen molar-refractivity contribution in [3.63, 3.8) is 0 Å². The second-order valence-corrected chi connectivity index (χ2v) is 26.3. The Hall–Kier alpha value is -0.852. The molecule has 0 spiro atoms. The summed E-state index contributed by atoms with van der Waals surface area (Å²) in [4.78, 5) is 0. The fourth-order valence-corrected chi connectivity index (χ4v) is 19.2. The second-order valence-electron chi connectivity index (χ2n) is 10.8. The average molecular weight is 551 g/mol. The van der Waals surface area contributed by atoms with E-state index in [0.717, 1.165) is 37.4 Å². The SMILES string of the molecule is C=CCO[Si](C)(C=C)O[Si](C)(C)CCc1cccc(CC[Si](C)(C)O[Si](C)(CCC)OCC=C)c1. The maximum absolute atomic E-state index is 6.77. The lowest BCUT2D eigenvalue weighted by molar-refractivity contribution is 0.268. The Morgan fingerprint density at radius 2 is 1.26 bits per heavy atom. The lowest BCUT2D eigenvalue weighted by atomic mass is 10.1. The molecule has 0 aromatic heterocycles. The lowest BCUT2D eigenvalue weighted by Crippen LogP contribution is -2.48. The lowest BCUT2D eigenvalue weighted by Gasteiger charge is -2.35. The Morgan fingerprint density at radius 3 is 1.74 bits per heavy atom. The first-order valence-electron chi connectivity index (χ1n) is 12.9. The van der Waals surface area contributed by atoms with Crippen LogP contribution in [0.4, 0.5) is 0 Å². The molecule has 0 saturated heterocycles. The molecule has 0 N–H and O–H groups in total. The third-order valence-corrected chi connectivity index (χ3v) is 20.4. The summed E-state index contributed by atoms with van der Waals surface area (Å²) in [5.41, 5.74) is 4.65. The zero-order valence-corrected chi connectivity index (χ0v) is 27.5. The summed E-state index contributed by atoms with van der Waals surface area (Å²) >= 11 is 0. The minimum absolute atomic E-state index is 0.505. The molecule has 0 bridgehead atoms. The predicted molar refractivity (Wildman–Crippen MR) is 161 cm³/mol. The van der Waals surface area contributed by atoms with Crippen LogP contribution in [0.25, 0.3) is 0 Å². The van der Waals surface area contributed by atoms with Gasteiger partial charge in [-0.3, -0.25) is 0 Å². The average Bonchev–Trinajstić information content (AvgIpc) is 2.79. The van der Waals surface area contributed by atoms with Crippen molar-refractivity contribution in [2.75, 3.05) is 13.2 Å². The maximum atomic E-state index is 6.77. The molecule has 0 aliphatic heterocycles. The molecule has 1 aromatic carbocycles. The molecular weight excluding hydrogens is 501 g/mol. The maximum Gasteiger partial charge on any atom is 0.351 e. The van der Waals surface area contributed by atoms with Gasteiger partial charge in [-0.1, -0.05) is 55.5 Å². The van der Waals surface area contributed by atoms with Gasteiger partial charge in [0.25, 0.3) is 0 Å². The molecule has 0 radical (unpaired) electrons. The topological polar surface area (TPSA) is 36.9 Å². The van der Waals surface area contributed by atoms with Crippen molar-refractivity contribution in [3.05, 3.63) is 73.0 Å². The summed E-state index contributed by atoms with van der Waals surface area (Å²) in [5, 5.41) is 0. The van der Waals surface area contributed by atoms with E-state index in [4.69, 9.17) is 17.1 Å². The van der Waals surface area contributed by atoms with Crippen LogP contribution in [0.15, 0.2) is 61.9 Å². The Morgan fingerprint density at radius 1 is 0.743 bits per heavy atom. The van der Waals surface area contributed by atoms with Crippen molar-refractivity contribution in [1.29, 1.82) is 0 Å². The fraction of sp³-hybridized carbons (Fsp3) is 0.556. The first-order chi connectivity index (χ1) is 16.3. The van der Waals surface area contributed by atoms with E-state index in [9.17, 15) is 0 Å². The van der Waals surface area contributed by atoms with Crippen molar-refractivity contribution in [1.82, 2.24) is 0 Å². The van der Waals surface area contributed by atoms with Gasteiger partial charge in [-0.05, 0) is 81.4 Å². The van der Waals surface area contributed by atoms with Crippen LogP contribution >= 0.6 is 0 Å². The quantitative estimate of drug-likeness (QED) is 0.130. The van der Waals surface area contributed by atoms with Gasteiger partial charge < -0.3 is 17.1 Å². The molecule has 0 aliphatic carbocycles. The van der Waals surface area contributed by atoms with E-state index in [0.29, 0.717) is 13.2 Å². The van der Waals surface area contributed by atoms with Crippen molar-refractivity contribution >= 4 is 33.8 Å². The van der Waals surface area contributed by atoms with Crippen molar-refractivity contribution in [2.45, 2.75) is 83.6 Å². The molecule has 2 atom stereocenters. The van der Waals surface area contributed by atoms with E-state index in [1.54, 1.807) is 6.08 Å². The van der Waals surface area contributed by atoms with Crippen LogP contribution in [-0.4, -0.2) is 47.0 Å². The number of aryl methyl sites for hydroxylation is 2. The first kappa shape index (κ1) is 32.2. The van der Waals surface area contributed by atoms with Gasteiger partial charge in [0.15, 0.2) is 16.6 Å². The van der Waals surface area contributed by atoms with Crippen LogP contribution in [0, 0.1) is 0 Å². The zero-order chi connectivity index (χ0) is 26.6. The van der Waals surface area contributed by atoms with Crippen LogP contribution in [0.2, 0.25) is 57.4 Å². The number of hydrogen-bond donors (Lipinski definition) is 0. The van der Waals surface area contributed by atoms with Crippen LogP contribution in [0.3, 0.4) is 0 Å². The molecule has 1 aromatic rings. The van der Waals surface area contributed by atoms with Gasteiger partial charge in [-0.25, -0.2) is 0 Å². The van der Waals surface area contributed by atoms with Crippen LogP contribution in [0.1, 0.15) is 24.5 Å². The third kappa shape index (κ3) is 12.8. The molecule has 0 saturated carbocycles. The highest BCUT2D eigenvalue weighted by Gasteiger charge is 2.38. The molecule has 0 heterocycles. The highest BCUT2D eigenvalue weighted by atomic mass is 28.4. The van der Waals surface area contributed by atoms with Gasteiger partial charge in [0.1, 0.15) is 0 Å². The van der Waals surface area contributed by atoms with Crippen LogP contribution in [0.5, 0.6) is 0 Å². The van der Waals surface area contributed by atoms with E-state index >= 15 is 0 Å².